The molecule has 0 saturated heterocycles. The van der Waals surface area contributed by atoms with Crippen molar-refractivity contribution in [2.75, 3.05) is 18.4 Å². The number of allylic oxidation sites excluding steroid dienone is 1. The molecule has 1 N–H and O–H groups in total. The lowest BCUT2D eigenvalue weighted by Gasteiger charge is -2.32. The predicted molar refractivity (Wildman–Crippen MR) is 145 cm³/mol. The second-order valence-electron chi connectivity index (χ2n) is 8.66. The van der Waals surface area contributed by atoms with E-state index in [1.807, 2.05) is 42.5 Å². The number of hydrogen-bond donors (Lipinski definition) is 1. The zero-order valence-electron chi connectivity index (χ0n) is 19.3. The van der Waals surface area contributed by atoms with Crippen molar-refractivity contribution in [1.29, 1.82) is 0 Å². The Balaban J connectivity index is 1.74. The Bertz CT molecular complexity index is 1350. The van der Waals surface area contributed by atoms with Gasteiger partial charge in [0.25, 0.3) is 0 Å². The van der Waals surface area contributed by atoms with Crippen molar-refractivity contribution in [2.45, 2.75) is 18.0 Å². The summed E-state index contributed by atoms with van der Waals surface area (Å²) in [6, 6.07) is 20.0. The van der Waals surface area contributed by atoms with Gasteiger partial charge >= 0.3 is 6.18 Å². The van der Waals surface area contributed by atoms with E-state index in [9.17, 15) is 18.0 Å². The number of benzene rings is 3. The van der Waals surface area contributed by atoms with E-state index in [0.29, 0.717) is 22.0 Å². The van der Waals surface area contributed by atoms with Crippen LogP contribution in [-0.2, 0) is 16.4 Å². The number of carbonyl (C=O) groups is 1. The molecule has 0 saturated carbocycles. The lowest BCUT2D eigenvalue weighted by molar-refractivity contribution is -0.137. The minimum absolute atomic E-state index is 0.0860. The van der Waals surface area contributed by atoms with E-state index in [-0.39, 0.29) is 25.4 Å². The summed E-state index contributed by atoms with van der Waals surface area (Å²) in [4.78, 5) is 12.9. The molecule has 4 nitrogen and oxygen atoms in total. The highest BCUT2D eigenvalue weighted by molar-refractivity contribution is 9.10. The maximum atomic E-state index is 13.4. The van der Waals surface area contributed by atoms with Gasteiger partial charge in [0.2, 0.25) is 5.91 Å². The fraction of sp³-hybridized carbons (Fsp3) is 0.185. The van der Waals surface area contributed by atoms with Crippen LogP contribution in [0.4, 0.5) is 18.9 Å². The number of alkyl halides is 3. The van der Waals surface area contributed by atoms with E-state index in [4.69, 9.17) is 28.3 Å². The van der Waals surface area contributed by atoms with Gasteiger partial charge in [-0.1, -0.05) is 82.1 Å². The Morgan fingerprint density at radius 2 is 1.78 bits per heavy atom. The summed E-state index contributed by atoms with van der Waals surface area (Å²) < 4.78 is 40.9. The average Bonchev–Trinajstić information content (AvgIpc) is 3.18. The smallest absolute Gasteiger partial charge is 0.324 e. The second-order valence-corrected chi connectivity index (χ2v) is 10.5. The molecule has 1 aliphatic heterocycles. The van der Waals surface area contributed by atoms with Gasteiger partial charge in [-0.3, -0.25) is 9.80 Å². The molecule has 4 rings (SSSR count). The van der Waals surface area contributed by atoms with Gasteiger partial charge in [-0.2, -0.15) is 18.3 Å². The molecular formula is C27H21BrCl2F3N3O. The van der Waals surface area contributed by atoms with Crippen molar-refractivity contribution < 1.29 is 18.0 Å². The van der Waals surface area contributed by atoms with Crippen LogP contribution >= 0.6 is 39.1 Å². The first kappa shape index (κ1) is 27.2. The van der Waals surface area contributed by atoms with Gasteiger partial charge in [0.1, 0.15) is 6.54 Å². The molecule has 1 amide bonds. The van der Waals surface area contributed by atoms with Crippen LogP contribution in [0, 0.1) is 0 Å². The molecule has 0 radical (unpaired) electrons. The third kappa shape index (κ3) is 6.20. The van der Waals surface area contributed by atoms with E-state index in [1.54, 1.807) is 17.1 Å². The van der Waals surface area contributed by atoms with Crippen molar-refractivity contribution in [3.63, 3.8) is 0 Å². The average molecular weight is 611 g/mol. The Labute approximate surface area is 230 Å². The standard InChI is InChI=1S/C27H21BrCl2F3N3O/c1-17(29)14-26(19-5-3-2-4-6-19)16-36(15-24(37)34-21-10-8-20(28)9-11-21)35-25(26)18-7-12-22(23(30)13-18)27(31,32)33/h2-13H,1,14-16H2,(H,34,37). The SMILES string of the molecule is C=C(Cl)CC1(c2ccccc2)CN(CC(=O)Nc2ccc(Br)cc2)N=C1c1ccc(C(F)(F)F)c(Cl)c1. The van der Waals surface area contributed by atoms with Gasteiger partial charge < -0.3 is 5.32 Å². The summed E-state index contributed by atoms with van der Waals surface area (Å²) in [6.07, 6.45) is -4.34. The number of nitrogens with zero attached hydrogens (tertiary/aromatic N) is 2. The van der Waals surface area contributed by atoms with Crippen LogP contribution in [0.15, 0.2) is 94.0 Å². The lowest BCUT2D eigenvalue weighted by atomic mass is 9.72. The number of hydrogen-bond acceptors (Lipinski definition) is 3. The molecule has 0 fully saturated rings. The monoisotopic (exact) mass is 609 g/mol. The largest absolute Gasteiger partial charge is 0.417 e. The number of rotatable bonds is 7. The summed E-state index contributed by atoms with van der Waals surface area (Å²) >= 11 is 15.7. The van der Waals surface area contributed by atoms with Crippen LogP contribution in [0.5, 0.6) is 0 Å². The van der Waals surface area contributed by atoms with Gasteiger partial charge in [0.15, 0.2) is 0 Å². The third-order valence-electron chi connectivity index (χ3n) is 5.97. The number of halogens is 6. The van der Waals surface area contributed by atoms with Crippen molar-refractivity contribution in [2.24, 2.45) is 5.10 Å². The molecule has 0 aliphatic carbocycles. The zero-order valence-corrected chi connectivity index (χ0v) is 22.4. The molecule has 10 heteroatoms. The molecule has 3 aromatic rings. The fourth-order valence-electron chi connectivity index (χ4n) is 4.43. The van der Waals surface area contributed by atoms with Gasteiger partial charge in [-0.25, -0.2) is 0 Å². The van der Waals surface area contributed by atoms with Crippen molar-refractivity contribution in [3.8, 4) is 0 Å². The number of anilines is 1. The van der Waals surface area contributed by atoms with Crippen LogP contribution in [0.1, 0.15) is 23.1 Å². The Morgan fingerprint density at radius 3 is 2.38 bits per heavy atom. The molecule has 1 unspecified atom stereocenters. The normalized spacial score (nSPS) is 17.5. The van der Waals surface area contributed by atoms with Crippen LogP contribution in [-0.4, -0.2) is 29.7 Å². The minimum atomic E-state index is -4.59. The highest BCUT2D eigenvalue weighted by Crippen LogP contribution is 2.42. The number of carbonyl (C=O) groups excluding carboxylic acids is 1. The van der Waals surface area contributed by atoms with Crippen LogP contribution < -0.4 is 5.32 Å². The highest BCUT2D eigenvalue weighted by atomic mass is 79.9. The van der Waals surface area contributed by atoms with Crippen molar-refractivity contribution in [1.82, 2.24) is 5.01 Å². The maximum absolute atomic E-state index is 13.4. The van der Waals surface area contributed by atoms with E-state index >= 15 is 0 Å². The zero-order chi connectivity index (χ0) is 26.8. The highest BCUT2D eigenvalue weighted by Gasteiger charge is 2.46. The minimum Gasteiger partial charge on any atom is -0.324 e. The van der Waals surface area contributed by atoms with Crippen LogP contribution in [0.2, 0.25) is 5.02 Å². The lowest BCUT2D eigenvalue weighted by Crippen LogP contribution is -2.40. The summed E-state index contributed by atoms with van der Waals surface area (Å²) in [5, 5.41) is 9.03. The molecular weight excluding hydrogens is 590 g/mol. The van der Waals surface area contributed by atoms with Gasteiger partial charge in [0.05, 0.1) is 28.3 Å². The molecule has 1 atom stereocenters. The van der Waals surface area contributed by atoms with E-state index < -0.39 is 22.2 Å². The third-order valence-corrected chi connectivity index (χ3v) is 6.94. The van der Waals surface area contributed by atoms with E-state index in [2.05, 4.69) is 27.8 Å². The quantitative estimate of drug-likeness (QED) is 0.296. The second kappa shape index (κ2) is 10.9. The summed E-state index contributed by atoms with van der Waals surface area (Å²) in [7, 11) is 0. The topological polar surface area (TPSA) is 44.7 Å². The van der Waals surface area contributed by atoms with Gasteiger partial charge in [-0.15, -0.1) is 0 Å². The summed E-state index contributed by atoms with van der Waals surface area (Å²) in [5.41, 5.74) is 0.496. The summed E-state index contributed by atoms with van der Waals surface area (Å²) in [5.74, 6) is -0.301. The first-order valence-electron chi connectivity index (χ1n) is 11.1. The number of hydrazone groups is 1. The van der Waals surface area contributed by atoms with E-state index in [1.165, 1.54) is 12.1 Å². The number of nitrogens with one attached hydrogen (secondary N) is 1. The first-order chi connectivity index (χ1) is 17.5. The fourth-order valence-corrected chi connectivity index (χ4v) is 5.21. The molecule has 37 heavy (non-hydrogen) atoms. The van der Waals surface area contributed by atoms with Crippen molar-refractivity contribution >= 4 is 56.4 Å². The van der Waals surface area contributed by atoms with Crippen molar-refractivity contribution in [3.05, 3.63) is 111 Å². The molecule has 0 bridgehead atoms. The maximum Gasteiger partial charge on any atom is 0.417 e. The number of amides is 1. The van der Waals surface area contributed by atoms with Gasteiger partial charge in [0, 0.05) is 20.8 Å². The van der Waals surface area contributed by atoms with Gasteiger partial charge in [-0.05, 0) is 48.4 Å². The van der Waals surface area contributed by atoms with Crippen LogP contribution in [0.3, 0.4) is 0 Å². The Morgan fingerprint density at radius 1 is 1.11 bits per heavy atom. The Hall–Kier alpha value is -2.81. The molecule has 0 spiro atoms. The molecule has 192 valence electrons. The van der Waals surface area contributed by atoms with E-state index in [0.717, 1.165) is 16.1 Å². The Kier molecular flexibility index (Phi) is 8.02. The molecule has 1 heterocycles. The van der Waals surface area contributed by atoms with Crippen LogP contribution in [0.25, 0.3) is 0 Å². The summed E-state index contributed by atoms with van der Waals surface area (Å²) in [6.45, 7) is 4.03. The first-order valence-corrected chi connectivity index (χ1v) is 12.7. The molecule has 1 aliphatic rings. The molecule has 3 aromatic carbocycles. The predicted octanol–water partition coefficient (Wildman–Crippen LogP) is 7.86. The molecule has 0 aromatic heterocycles.